The Bertz CT molecular complexity index is 1960. The van der Waals surface area contributed by atoms with E-state index >= 15 is 0 Å². The van der Waals surface area contributed by atoms with E-state index in [1.54, 1.807) is 13.8 Å². The maximum absolute atomic E-state index is 14.9. The summed E-state index contributed by atoms with van der Waals surface area (Å²) >= 11 is 0. The molecule has 1 aromatic heterocycles. The standard InChI is InChI=1S/C36H46FN5O10S/c1-19-7-6-8-20(2)29(39-34(46)47)32(44)42-18-22(52-31-24-14-25(37)27(50-4)15-23(24)28(51-5)17-38-31)13-26(42)30(43)40-36(16-21(36)10-9-19)33(45)41-53(48,49)35(3)11-12-35/h9-10,14-15,17,19-22,26,29,39H,6-8,11-13,16,18H2,1-5H3,(H,40,43)(H,41,45)(H,46,47)/t19-,20-,21-,22-,26+,29+,36-/m1/s1. The minimum absolute atomic E-state index is 0.00679. The number of rotatable bonds is 8. The number of aromatic nitrogens is 1. The van der Waals surface area contributed by atoms with Crippen LogP contribution in [0.2, 0.25) is 0 Å². The highest BCUT2D eigenvalue weighted by atomic mass is 32.2. The van der Waals surface area contributed by atoms with Gasteiger partial charge in [0, 0.05) is 17.7 Å². The Kier molecular flexibility index (Phi) is 10.3. The Balaban J connectivity index is 1.36. The topological polar surface area (TPSA) is 203 Å². The lowest BCUT2D eigenvalue weighted by molar-refractivity contribution is -0.142. The molecule has 4 amide bonds. The van der Waals surface area contributed by atoms with Gasteiger partial charge in [-0.1, -0.05) is 32.4 Å². The van der Waals surface area contributed by atoms with Gasteiger partial charge in [0.15, 0.2) is 11.6 Å². The minimum atomic E-state index is -4.04. The molecule has 2 saturated carbocycles. The second kappa shape index (κ2) is 14.3. The SMILES string of the molecule is COc1cc2c(OC)cnc(O[C@@H]3C[C@H]4C(=O)N[C@]5(C(=O)NS(=O)(=O)C6(C)CC6)C[C@H]5C=C[C@H](C)CCC[C@@H](C)[C@H](NC(=O)O)C(=O)N4C3)c2cc1F. The van der Waals surface area contributed by atoms with Crippen molar-refractivity contribution in [2.75, 3.05) is 20.8 Å². The first kappa shape index (κ1) is 38.1. The lowest BCUT2D eigenvalue weighted by atomic mass is 9.92. The number of ether oxygens (including phenoxy) is 3. The molecular weight excluding hydrogens is 713 g/mol. The summed E-state index contributed by atoms with van der Waals surface area (Å²) in [6.45, 7) is 5.13. The van der Waals surface area contributed by atoms with Crippen LogP contribution in [0.5, 0.6) is 17.4 Å². The Morgan fingerprint density at radius 3 is 2.45 bits per heavy atom. The highest BCUT2D eigenvalue weighted by molar-refractivity contribution is 7.91. The van der Waals surface area contributed by atoms with Crippen LogP contribution in [0.1, 0.15) is 65.7 Å². The van der Waals surface area contributed by atoms with Gasteiger partial charge in [-0.15, -0.1) is 0 Å². The third-order valence-corrected chi connectivity index (χ3v) is 13.3. The molecular formula is C36H46FN5O10S. The molecule has 1 aromatic carbocycles. The highest BCUT2D eigenvalue weighted by Crippen LogP contribution is 2.48. The molecule has 2 aliphatic carbocycles. The molecule has 288 valence electrons. The zero-order chi connectivity index (χ0) is 38.5. The van der Waals surface area contributed by atoms with Gasteiger partial charge in [0.05, 0.1) is 37.1 Å². The average molecular weight is 760 g/mol. The molecule has 0 bridgehead atoms. The number of pyridine rings is 1. The summed E-state index contributed by atoms with van der Waals surface area (Å²) in [4.78, 5) is 60.0. The van der Waals surface area contributed by atoms with Gasteiger partial charge in [-0.2, -0.15) is 0 Å². The summed E-state index contributed by atoms with van der Waals surface area (Å²) in [7, 11) is -1.29. The second-order valence-corrected chi connectivity index (χ2v) is 17.2. The molecule has 4 aliphatic rings. The van der Waals surface area contributed by atoms with Crippen molar-refractivity contribution in [3.63, 3.8) is 0 Å². The third kappa shape index (κ3) is 7.44. The predicted molar refractivity (Wildman–Crippen MR) is 189 cm³/mol. The molecule has 15 nitrogen and oxygen atoms in total. The zero-order valence-corrected chi connectivity index (χ0v) is 31.1. The number of amides is 4. The van der Waals surface area contributed by atoms with Crippen molar-refractivity contribution in [2.24, 2.45) is 17.8 Å². The number of carbonyl (C=O) groups excluding carboxylic acids is 3. The lowest BCUT2D eigenvalue weighted by Crippen LogP contribution is -2.59. The number of nitrogens with one attached hydrogen (secondary N) is 3. The van der Waals surface area contributed by atoms with E-state index < -0.39 is 80.0 Å². The number of nitrogens with zero attached hydrogens (tertiary/aromatic N) is 2. The van der Waals surface area contributed by atoms with E-state index in [2.05, 4.69) is 20.3 Å². The molecule has 3 fully saturated rings. The number of hydrogen-bond donors (Lipinski definition) is 4. The Labute approximate surface area is 307 Å². The van der Waals surface area contributed by atoms with Crippen LogP contribution < -0.4 is 29.6 Å². The molecule has 3 heterocycles. The molecule has 4 N–H and O–H groups in total. The van der Waals surface area contributed by atoms with E-state index in [9.17, 15) is 37.1 Å². The van der Waals surface area contributed by atoms with Crippen molar-refractivity contribution in [1.29, 1.82) is 0 Å². The lowest BCUT2D eigenvalue weighted by Gasteiger charge is -2.31. The Hall–Kier alpha value is -4.67. The van der Waals surface area contributed by atoms with E-state index in [0.717, 1.165) is 0 Å². The summed E-state index contributed by atoms with van der Waals surface area (Å²) in [5.74, 6) is -3.58. The Morgan fingerprint density at radius 2 is 1.79 bits per heavy atom. The van der Waals surface area contributed by atoms with Crippen LogP contribution in [0.15, 0.2) is 30.5 Å². The van der Waals surface area contributed by atoms with Gasteiger partial charge in [0.25, 0.3) is 5.91 Å². The van der Waals surface area contributed by atoms with Gasteiger partial charge < -0.3 is 34.9 Å². The number of methoxy groups -OCH3 is 2. The Morgan fingerprint density at radius 1 is 1.08 bits per heavy atom. The van der Waals surface area contributed by atoms with E-state index in [0.29, 0.717) is 43.2 Å². The molecule has 1 saturated heterocycles. The fraction of sp³-hybridized carbons (Fsp3) is 0.583. The maximum atomic E-state index is 14.9. The first-order valence-corrected chi connectivity index (χ1v) is 19.2. The van der Waals surface area contributed by atoms with Gasteiger partial charge in [-0.3, -0.25) is 19.1 Å². The van der Waals surface area contributed by atoms with Crippen LogP contribution in [-0.2, 0) is 24.4 Å². The average Bonchev–Trinajstić information content (AvgIpc) is 3.99. The van der Waals surface area contributed by atoms with E-state index in [1.165, 1.54) is 37.4 Å². The number of benzene rings is 1. The number of carboxylic acid groups (broad SMARTS) is 1. The molecule has 0 unspecified atom stereocenters. The van der Waals surface area contributed by atoms with Crippen LogP contribution in [0.4, 0.5) is 9.18 Å². The van der Waals surface area contributed by atoms with Crippen LogP contribution in [0, 0.1) is 23.6 Å². The second-order valence-electron chi connectivity index (χ2n) is 15.0. The first-order chi connectivity index (χ1) is 25.0. The number of sulfonamides is 1. The van der Waals surface area contributed by atoms with Crippen LogP contribution in [-0.4, -0.2) is 96.5 Å². The number of fused-ring (bicyclic) bond motifs is 3. The zero-order valence-electron chi connectivity index (χ0n) is 30.3. The van der Waals surface area contributed by atoms with Gasteiger partial charge in [0.1, 0.15) is 29.5 Å². The van der Waals surface area contributed by atoms with Crippen molar-refractivity contribution < 1.29 is 51.3 Å². The van der Waals surface area contributed by atoms with E-state index in [4.69, 9.17) is 14.2 Å². The van der Waals surface area contributed by atoms with Gasteiger partial charge in [-0.05, 0) is 63.0 Å². The maximum Gasteiger partial charge on any atom is 0.405 e. The molecule has 2 aromatic rings. The van der Waals surface area contributed by atoms with Gasteiger partial charge in [-0.25, -0.2) is 22.6 Å². The monoisotopic (exact) mass is 759 g/mol. The summed E-state index contributed by atoms with van der Waals surface area (Å²) < 4.78 is 59.2. The molecule has 0 radical (unpaired) electrons. The molecule has 2 aliphatic heterocycles. The quantitative estimate of drug-likeness (QED) is 0.288. The van der Waals surface area contributed by atoms with Crippen LogP contribution in [0.3, 0.4) is 0 Å². The van der Waals surface area contributed by atoms with Crippen molar-refractivity contribution in [3.8, 4) is 17.4 Å². The predicted octanol–water partition coefficient (Wildman–Crippen LogP) is 3.26. The van der Waals surface area contributed by atoms with Crippen LogP contribution in [0.25, 0.3) is 10.8 Å². The minimum Gasteiger partial charge on any atom is -0.494 e. The number of carbonyl (C=O) groups is 4. The molecule has 53 heavy (non-hydrogen) atoms. The van der Waals surface area contributed by atoms with Gasteiger partial charge in [0.2, 0.25) is 27.7 Å². The molecule has 17 heteroatoms. The van der Waals surface area contributed by atoms with Crippen molar-refractivity contribution in [1.82, 2.24) is 25.2 Å². The molecule has 7 atom stereocenters. The molecule has 0 spiro atoms. The fourth-order valence-electron chi connectivity index (χ4n) is 7.31. The van der Waals surface area contributed by atoms with Crippen LogP contribution >= 0.6 is 0 Å². The number of allylic oxidation sites excluding steroid dienone is 1. The number of hydrogen-bond acceptors (Lipinski definition) is 10. The fourth-order valence-corrected chi connectivity index (χ4v) is 8.62. The smallest absolute Gasteiger partial charge is 0.405 e. The summed E-state index contributed by atoms with van der Waals surface area (Å²) in [5.41, 5.74) is -1.60. The first-order valence-electron chi connectivity index (χ1n) is 17.8. The third-order valence-electron chi connectivity index (χ3n) is 11.1. The largest absolute Gasteiger partial charge is 0.494 e. The number of halogens is 1. The van der Waals surface area contributed by atoms with Gasteiger partial charge >= 0.3 is 6.09 Å². The van der Waals surface area contributed by atoms with E-state index in [1.807, 2.05) is 19.1 Å². The summed E-state index contributed by atoms with van der Waals surface area (Å²) in [6, 6.07) is 0.150. The normalized spacial score (nSPS) is 29.8. The van der Waals surface area contributed by atoms with Crippen molar-refractivity contribution >= 4 is 44.6 Å². The highest BCUT2D eigenvalue weighted by Gasteiger charge is 2.63. The van der Waals surface area contributed by atoms with E-state index in [-0.39, 0.29) is 42.3 Å². The van der Waals surface area contributed by atoms with Crippen molar-refractivity contribution in [3.05, 3.63) is 36.3 Å². The summed E-state index contributed by atoms with van der Waals surface area (Å²) in [5, 5.41) is 15.6. The summed E-state index contributed by atoms with van der Waals surface area (Å²) in [6.07, 6.45) is 5.54. The molecule has 6 rings (SSSR count). The van der Waals surface area contributed by atoms with Crippen molar-refractivity contribution in [2.45, 2.75) is 94.2 Å².